The highest BCUT2D eigenvalue weighted by Gasteiger charge is 2.47. The normalized spacial score (nSPS) is 29.6. The second kappa shape index (κ2) is 10.1. The van der Waals surface area contributed by atoms with Gasteiger partial charge in [-0.1, -0.05) is 36.3 Å². The van der Waals surface area contributed by atoms with Gasteiger partial charge in [0.25, 0.3) is 5.91 Å². The van der Waals surface area contributed by atoms with Gasteiger partial charge in [0, 0.05) is 6.54 Å². The second-order valence-electron chi connectivity index (χ2n) is 9.55. The van der Waals surface area contributed by atoms with Gasteiger partial charge in [-0.05, 0) is 50.0 Å². The lowest BCUT2D eigenvalue weighted by Crippen LogP contribution is -2.42. The summed E-state index contributed by atoms with van der Waals surface area (Å²) in [6.07, 6.45) is -1.19. The number of benzene rings is 1. The van der Waals surface area contributed by atoms with Crippen LogP contribution >= 0.6 is 0 Å². The number of likely N-dealkylation sites (N-methyl/N-ethyl adjacent to an activating group) is 1. The maximum absolute atomic E-state index is 12.2. The van der Waals surface area contributed by atoms with Crippen molar-refractivity contribution in [2.75, 3.05) is 12.3 Å². The maximum atomic E-state index is 12.2. The number of ether oxygens (including phenoxy) is 1. The van der Waals surface area contributed by atoms with Crippen LogP contribution in [0, 0.1) is 11.8 Å². The van der Waals surface area contributed by atoms with Crippen LogP contribution in [-0.2, 0) is 9.53 Å². The van der Waals surface area contributed by atoms with Crippen LogP contribution in [0.4, 0.5) is 5.82 Å². The number of carbonyl (C=O) groups excluding carboxylic acids is 1. The lowest BCUT2D eigenvalue weighted by molar-refractivity contribution is -0.137. The van der Waals surface area contributed by atoms with Crippen molar-refractivity contribution in [2.45, 2.75) is 68.7 Å². The van der Waals surface area contributed by atoms with Crippen LogP contribution in [0.2, 0.25) is 0 Å². The molecule has 0 radical (unpaired) electrons. The third-order valence-electron chi connectivity index (χ3n) is 7.06. The van der Waals surface area contributed by atoms with E-state index >= 15 is 0 Å². The first-order valence-electron chi connectivity index (χ1n) is 12.4. The van der Waals surface area contributed by atoms with Crippen molar-refractivity contribution in [3.63, 3.8) is 0 Å². The fourth-order valence-electron chi connectivity index (χ4n) is 5.01. The largest absolute Gasteiger partial charge is 0.387 e. The van der Waals surface area contributed by atoms with Gasteiger partial charge in [0.1, 0.15) is 23.3 Å². The summed E-state index contributed by atoms with van der Waals surface area (Å²) in [5.74, 6) is 5.80. The molecule has 194 valence electrons. The Balaban J connectivity index is 1.37. The highest BCUT2D eigenvalue weighted by molar-refractivity contribution is 5.83. The Morgan fingerprint density at radius 2 is 1.95 bits per heavy atom. The van der Waals surface area contributed by atoms with E-state index in [1.165, 1.54) is 16.5 Å². The molecule has 37 heavy (non-hydrogen) atoms. The number of nitrogens with two attached hydrogens (primary N) is 1. The molecule has 11 heteroatoms. The Kier molecular flexibility index (Phi) is 6.83. The summed E-state index contributed by atoms with van der Waals surface area (Å²) in [4.78, 5) is 25.1. The Hall–Kier alpha value is -3.56. The number of hydrogen-bond donors (Lipinski definition) is 5. The zero-order valence-electron chi connectivity index (χ0n) is 20.4. The highest BCUT2D eigenvalue weighted by atomic mass is 16.6. The maximum Gasteiger partial charge on any atom is 0.252 e. The molecule has 5 rings (SSSR count). The number of imidazole rings is 1. The number of carbonyl (C=O) groups is 1. The molecule has 3 aromatic rings. The first-order valence-corrected chi connectivity index (χ1v) is 12.4. The quantitative estimate of drug-likeness (QED) is 0.318. The summed E-state index contributed by atoms with van der Waals surface area (Å²) in [6, 6.07) is 10.3. The number of nitrogen functional groups attached to an aromatic ring is 1. The number of hydrogen-bond acceptors (Lipinski definition) is 9. The number of rotatable bonds is 4. The molecule has 2 fully saturated rings. The number of anilines is 1. The van der Waals surface area contributed by atoms with E-state index in [-0.39, 0.29) is 22.8 Å². The van der Waals surface area contributed by atoms with Crippen molar-refractivity contribution in [3.05, 3.63) is 48.0 Å². The minimum absolute atomic E-state index is 0.0705. The summed E-state index contributed by atoms with van der Waals surface area (Å²) in [7, 11) is 0. The summed E-state index contributed by atoms with van der Waals surface area (Å²) in [5, 5.41) is 34.6. The molecule has 0 unspecified atom stereocenters. The molecule has 2 aliphatic rings. The molecule has 1 saturated heterocycles. The van der Waals surface area contributed by atoms with Crippen molar-refractivity contribution in [1.82, 2.24) is 24.8 Å². The van der Waals surface area contributed by atoms with Gasteiger partial charge in [-0.2, -0.15) is 0 Å². The van der Waals surface area contributed by atoms with Gasteiger partial charge >= 0.3 is 0 Å². The lowest BCUT2D eigenvalue weighted by Gasteiger charge is -2.32. The molecule has 2 aromatic heterocycles. The van der Waals surface area contributed by atoms with Gasteiger partial charge in [-0.15, -0.1) is 0 Å². The van der Waals surface area contributed by atoms with Crippen LogP contribution in [0.25, 0.3) is 11.2 Å². The fraction of sp³-hybridized carbons (Fsp3) is 0.462. The standard InChI is InChI=1S/C26H30N6O5/c1-2-28-24(35)21-19(33)20(34)25(37-21)32-14-29-18-22(27)30-17(31-23(18)32)10-13-26(36)11-8-16(9-12-26)15-6-4-3-5-7-15/h3-7,14,16,19-21,25,33-34,36H,2,8-9,11-12H2,1H3,(H,28,35)(H2,27,30,31)/t16?,19-,20+,21-,25+,26?/m0/s1. The average Bonchev–Trinajstić information content (AvgIpc) is 3.45. The number of aromatic nitrogens is 4. The Labute approximate surface area is 213 Å². The summed E-state index contributed by atoms with van der Waals surface area (Å²) < 4.78 is 7.08. The van der Waals surface area contributed by atoms with E-state index in [0.29, 0.717) is 25.3 Å². The number of amides is 1. The molecular weight excluding hydrogens is 476 g/mol. The van der Waals surface area contributed by atoms with E-state index < -0.39 is 36.0 Å². The minimum Gasteiger partial charge on any atom is -0.387 e. The molecule has 1 saturated carbocycles. The van der Waals surface area contributed by atoms with Gasteiger partial charge in [-0.25, -0.2) is 15.0 Å². The number of aliphatic hydroxyl groups excluding tert-OH is 2. The van der Waals surface area contributed by atoms with Crippen molar-refractivity contribution in [3.8, 4) is 11.8 Å². The molecule has 6 N–H and O–H groups in total. The Morgan fingerprint density at radius 3 is 2.65 bits per heavy atom. The second-order valence-corrected chi connectivity index (χ2v) is 9.55. The zero-order valence-corrected chi connectivity index (χ0v) is 20.4. The predicted octanol–water partition coefficient (Wildman–Crippen LogP) is 0.604. The number of nitrogens with zero attached hydrogens (tertiary/aromatic N) is 4. The van der Waals surface area contributed by atoms with Crippen LogP contribution in [-0.4, -0.2) is 71.2 Å². The number of fused-ring (bicyclic) bond motifs is 1. The van der Waals surface area contributed by atoms with Crippen LogP contribution in [0.5, 0.6) is 0 Å². The van der Waals surface area contributed by atoms with E-state index in [1.54, 1.807) is 6.92 Å². The smallest absolute Gasteiger partial charge is 0.252 e. The topological polar surface area (TPSA) is 169 Å². The van der Waals surface area contributed by atoms with Crippen molar-refractivity contribution < 1.29 is 24.9 Å². The van der Waals surface area contributed by atoms with Crippen LogP contribution in [0.3, 0.4) is 0 Å². The first-order chi connectivity index (χ1) is 17.8. The number of nitrogens with one attached hydrogen (secondary N) is 1. The molecule has 1 aliphatic carbocycles. The van der Waals surface area contributed by atoms with Crippen molar-refractivity contribution in [1.29, 1.82) is 0 Å². The highest BCUT2D eigenvalue weighted by Crippen LogP contribution is 2.38. The molecule has 0 spiro atoms. The Morgan fingerprint density at radius 1 is 1.22 bits per heavy atom. The predicted molar refractivity (Wildman–Crippen MR) is 134 cm³/mol. The van der Waals surface area contributed by atoms with E-state index in [2.05, 4.69) is 44.2 Å². The molecule has 1 aromatic carbocycles. The molecule has 4 atom stereocenters. The average molecular weight is 507 g/mol. The monoisotopic (exact) mass is 506 g/mol. The summed E-state index contributed by atoms with van der Waals surface area (Å²) in [6.45, 7) is 2.09. The van der Waals surface area contributed by atoms with Crippen LogP contribution in [0.1, 0.15) is 56.1 Å². The molecule has 11 nitrogen and oxygen atoms in total. The van der Waals surface area contributed by atoms with Crippen molar-refractivity contribution >= 4 is 22.9 Å². The van der Waals surface area contributed by atoms with Gasteiger partial charge in [0.15, 0.2) is 23.8 Å². The third-order valence-corrected chi connectivity index (χ3v) is 7.06. The van der Waals surface area contributed by atoms with E-state index in [0.717, 1.165) is 12.8 Å². The van der Waals surface area contributed by atoms with E-state index in [4.69, 9.17) is 10.5 Å². The lowest BCUT2D eigenvalue weighted by atomic mass is 9.76. The summed E-state index contributed by atoms with van der Waals surface area (Å²) >= 11 is 0. The molecular formula is C26H30N6O5. The first kappa shape index (κ1) is 25.1. The van der Waals surface area contributed by atoms with Crippen LogP contribution < -0.4 is 11.1 Å². The van der Waals surface area contributed by atoms with E-state index in [1.807, 2.05) is 18.2 Å². The zero-order chi connectivity index (χ0) is 26.2. The SMILES string of the molecule is CCNC(=O)[C@H]1O[C@@H](n2cnc3c(N)nc(C#CC4(O)CCC(c5ccccc5)CC4)nc32)[C@H](O)[C@@H]1O. The summed E-state index contributed by atoms with van der Waals surface area (Å²) in [5.41, 5.74) is 6.69. The van der Waals surface area contributed by atoms with Gasteiger partial charge in [-0.3, -0.25) is 9.36 Å². The molecule has 3 heterocycles. The molecule has 1 aliphatic heterocycles. The third kappa shape index (κ3) is 4.89. The van der Waals surface area contributed by atoms with Crippen LogP contribution in [0.15, 0.2) is 36.7 Å². The molecule has 1 amide bonds. The Bertz CT molecular complexity index is 1340. The van der Waals surface area contributed by atoms with E-state index in [9.17, 15) is 20.1 Å². The minimum atomic E-state index is -1.44. The van der Waals surface area contributed by atoms with Gasteiger partial charge in [0.2, 0.25) is 5.82 Å². The number of aliphatic hydroxyl groups is 3. The molecule has 0 bridgehead atoms. The fourth-order valence-corrected chi connectivity index (χ4v) is 5.01. The van der Waals surface area contributed by atoms with Gasteiger partial charge < -0.3 is 31.1 Å². The van der Waals surface area contributed by atoms with Gasteiger partial charge in [0.05, 0.1) is 6.33 Å². The van der Waals surface area contributed by atoms with Crippen molar-refractivity contribution in [2.24, 2.45) is 0 Å².